The van der Waals surface area contributed by atoms with Crippen LogP contribution in [0.5, 0.6) is 5.75 Å². The van der Waals surface area contributed by atoms with Crippen molar-refractivity contribution in [3.8, 4) is 5.75 Å². The van der Waals surface area contributed by atoms with Gasteiger partial charge in [0.15, 0.2) is 5.82 Å². The molecule has 22 heavy (non-hydrogen) atoms. The van der Waals surface area contributed by atoms with Gasteiger partial charge >= 0.3 is 5.97 Å². The van der Waals surface area contributed by atoms with Gasteiger partial charge in [-0.2, -0.15) is 0 Å². The summed E-state index contributed by atoms with van der Waals surface area (Å²) in [5.41, 5.74) is 0.318. The van der Waals surface area contributed by atoms with Gasteiger partial charge in [-0.25, -0.2) is 4.79 Å². The summed E-state index contributed by atoms with van der Waals surface area (Å²) in [6.45, 7) is 4.27. The zero-order chi connectivity index (χ0) is 16.3. The second kappa shape index (κ2) is 6.79. The van der Waals surface area contributed by atoms with Crippen LogP contribution in [0.15, 0.2) is 18.2 Å². The topological polar surface area (TPSA) is 66.2 Å². The quantitative estimate of drug-likeness (QED) is 0.791. The summed E-state index contributed by atoms with van der Waals surface area (Å²) >= 11 is 5.96. The number of aromatic nitrogens is 3. The van der Waals surface area contributed by atoms with Crippen molar-refractivity contribution in [1.29, 1.82) is 0 Å². The van der Waals surface area contributed by atoms with Gasteiger partial charge in [0.2, 0.25) is 0 Å². The molecule has 0 aliphatic carbocycles. The van der Waals surface area contributed by atoms with Crippen LogP contribution in [0.2, 0.25) is 5.02 Å². The molecule has 0 bridgehead atoms. The Hall–Kier alpha value is -2.08. The lowest BCUT2D eigenvalue weighted by atomic mass is 10.2. The van der Waals surface area contributed by atoms with Crippen LogP contribution in [-0.2, 0) is 18.4 Å². The van der Waals surface area contributed by atoms with Gasteiger partial charge in [0.25, 0.3) is 0 Å². The Balaban J connectivity index is 2.21. The van der Waals surface area contributed by atoms with Crippen molar-refractivity contribution in [1.82, 2.24) is 14.8 Å². The number of halogens is 1. The van der Waals surface area contributed by atoms with E-state index in [2.05, 4.69) is 10.2 Å². The van der Waals surface area contributed by atoms with Gasteiger partial charge in [0.05, 0.1) is 7.11 Å². The summed E-state index contributed by atoms with van der Waals surface area (Å²) in [5.74, 6) is 1.68. The van der Waals surface area contributed by atoms with Gasteiger partial charge in [0.1, 0.15) is 23.7 Å². The molecular formula is C15H18ClN3O3. The molecule has 0 radical (unpaired) electrons. The molecule has 0 atom stereocenters. The van der Waals surface area contributed by atoms with Crippen LogP contribution in [0, 0.1) is 0 Å². The van der Waals surface area contributed by atoms with Crippen LogP contribution < -0.4 is 4.74 Å². The maximum Gasteiger partial charge on any atom is 0.341 e. The summed E-state index contributed by atoms with van der Waals surface area (Å²) in [5, 5.41) is 8.72. The Morgan fingerprint density at radius 1 is 1.36 bits per heavy atom. The van der Waals surface area contributed by atoms with Crippen molar-refractivity contribution in [2.45, 2.75) is 26.4 Å². The number of rotatable bonds is 5. The Morgan fingerprint density at radius 3 is 2.68 bits per heavy atom. The number of carbonyl (C=O) groups excluding carboxylic acids is 1. The Labute approximate surface area is 134 Å². The molecule has 1 aromatic heterocycles. The zero-order valence-electron chi connectivity index (χ0n) is 13.0. The van der Waals surface area contributed by atoms with Crippen molar-refractivity contribution in [3.63, 3.8) is 0 Å². The second-order valence-electron chi connectivity index (χ2n) is 5.11. The Morgan fingerprint density at radius 2 is 2.09 bits per heavy atom. The largest absolute Gasteiger partial charge is 0.485 e. The first-order valence-electron chi connectivity index (χ1n) is 6.82. The second-order valence-corrected chi connectivity index (χ2v) is 5.55. The lowest BCUT2D eigenvalue weighted by Crippen LogP contribution is -2.09. The van der Waals surface area contributed by atoms with Gasteiger partial charge in [-0.05, 0) is 18.2 Å². The van der Waals surface area contributed by atoms with Crippen LogP contribution in [0.25, 0.3) is 0 Å². The third-order valence-corrected chi connectivity index (χ3v) is 3.46. The number of benzene rings is 1. The van der Waals surface area contributed by atoms with E-state index in [1.807, 2.05) is 25.5 Å². The number of hydrogen-bond donors (Lipinski definition) is 0. The first-order valence-corrected chi connectivity index (χ1v) is 7.20. The molecule has 0 aliphatic heterocycles. The lowest BCUT2D eigenvalue weighted by molar-refractivity contribution is 0.0595. The molecule has 0 saturated carbocycles. The molecule has 0 amide bonds. The van der Waals surface area contributed by atoms with E-state index in [1.54, 1.807) is 18.2 Å². The fourth-order valence-corrected chi connectivity index (χ4v) is 2.20. The summed E-state index contributed by atoms with van der Waals surface area (Å²) in [6.07, 6.45) is 0. The molecule has 1 heterocycles. The zero-order valence-corrected chi connectivity index (χ0v) is 13.7. The lowest BCUT2D eigenvalue weighted by Gasteiger charge is -2.11. The van der Waals surface area contributed by atoms with Crippen LogP contribution >= 0.6 is 11.6 Å². The van der Waals surface area contributed by atoms with Crippen molar-refractivity contribution in [2.24, 2.45) is 7.05 Å². The molecule has 6 nitrogen and oxygen atoms in total. The molecule has 0 N–H and O–H groups in total. The molecule has 2 rings (SSSR count). The molecule has 2 aromatic rings. The van der Waals surface area contributed by atoms with Crippen LogP contribution in [0.3, 0.4) is 0 Å². The molecule has 0 saturated heterocycles. The van der Waals surface area contributed by atoms with Crippen molar-refractivity contribution < 1.29 is 14.3 Å². The number of nitrogens with zero attached hydrogens (tertiary/aromatic N) is 3. The number of hydrogen-bond acceptors (Lipinski definition) is 5. The third kappa shape index (κ3) is 3.39. The highest BCUT2D eigenvalue weighted by Crippen LogP contribution is 2.25. The fourth-order valence-electron chi connectivity index (χ4n) is 2.04. The first kappa shape index (κ1) is 16.3. The van der Waals surface area contributed by atoms with Gasteiger partial charge in [-0.1, -0.05) is 25.4 Å². The summed E-state index contributed by atoms with van der Waals surface area (Å²) < 4.78 is 12.3. The van der Waals surface area contributed by atoms with E-state index in [0.29, 0.717) is 22.2 Å². The molecular weight excluding hydrogens is 306 g/mol. The standard InChI is InChI=1S/C15H18ClN3O3/c1-9(2)14-18-17-13(19(14)3)8-22-12-7-10(16)5-6-11(12)15(20)21-4/h5-7,9H,8H2,1-4H3. The minimum atomic E-state index is -0.479. The maximum atomic E-state index is 11.7. The average molecular weight is 324 g/mol. The van der Waals surface area contributed by atoms with Crippen molar-refractivity contribution in [3.05, 3.63) is 40.4 Å². The predicted octanol–water partition coefficient (Wildman–Crippen LogP) is 2.96. The molecule has 0 fully saturated rings. The van der Waals surface area contributed by atoms with E-state index in [1.165, 1.54) is 7.11 Å². The van der Waals surface area contributed by atoms with E-state index >= 15 is 0 Å². The fraction of sp³-hybridized carbons (Fsp3) is 0.400. The molecule has 0 spiro atoms. The minimum absolute atomic E-state index is 0.181. The highest BCUT2D eigenvalue weighted by Gasteiger charge is 2.16. The SMILES string of the molecule is COC(=O)c1ccc(Cl)cc1OCc1nnc(C(C)C)n1C. The number of esters is 1. The molecule has 0 aliphatic rings. The van der Waals surface area contributed by atoms with Crippen LogP contribution in [0.4, 0.5) is 0 Å². The molecule has 1 aromatic carbocycles. The van der Waals surface area contributed by atoms with E-state index in [-0.39, 0.29) is 12.5 Å². The van der Waals surface area contributed by atoms with E-state index in [4.69, 9.17) is 21.1 Å². The van der Waals surface area contributed by atoms with E-state index < -0.39 is 5.97 Å². The number of methoxy groups -OCH3 is 1. The molecule has 0 unspecified atom stereocenters. The van der Waals surface area contributed by atoms with Gasteiger partial charge in [-0.3, -0.25) is 0 Å². The average Bonchev–Trinajstić information content (AvgIpc) is 2.85. The van der Waals surface area contributed by atoms with E-state index in [0.717, 1.165) is 5.82 Å². The van der Waals surface area contributed by atoms with Gasteiger partial charge in [0, 0.05) is 18.0 Å². The van der Waals surface area contributed by atoms with Gasteiger partial charge in [-0.15, -0.1) is 10.2 Å². The van der Waals surface area contributed by atoms with E-state index in [9.17, 15) is 4.79 Å². The molecule has 7 heteroatoms. The normalized spacial score (nSPS) is 10.8. The van der Waals surface area contributed by atoms with Gasteiger partial charge < -0.3 is 14.0 Å². The number of ether oxygens (including phenoxy) is 2. The van der Waals surface area contributed by atoms with Crippen molar-refractivity contribution >= 4 is 17.6 Å². The Kier molecular flexibility index (Phi) is 5.03. The highest BCUT2D eigenvalue weighted by atomic mass is 35.5. The third-order valence-electron chi connectivity index (χ3n) is 3.22. The van der Waals surface area contributed by atoms with Crippen molar-refractivity contribution in [2.75, 3.05) is 7.11 Å². The minimum Gasteiger partial charge on any atom is -0.485 e. The summed E-state index contributed by atoms with van der Waals surface area (Å²) in [6, 6.07) is 4.76. The molecule has 118 valence electrons. The van der Waals surface area contributed by atoms with Crippen LogP contribution in [0.1, 0.15) is 41.8 Å². The highest BCUT2D eigenvalue weighted by molar-refractivity contribution is 6.30. The smallest absolute Gasteiger partial charge is 0.341 e. The summed E-state index contributed by atoms with van der Waals surface area (Å²) in [7, 11) is 3.20. The Bertz CT molecular complexity index is 683. The van der Waals surface area contributed by atoms with Crippen LogP contribution in [-0.4, -0.2) is 27.8 Å². The maximum absolute atomic E-state index is 11.7. The number of carbonyl (C=O) groups is 1. The monoisotopic (exact) mass is 323 g/mol. The summed E-state index contributed by atoms with van der Waals surface area (Å²) in [4.78, 5) is 11.7. The first-order chi connectivity index (χ1) is 10.4. The predicted molar refractivity (Wildman–Crippen MR) is 82.2 cm³/mol.